The second-order valence-corrected chi connectivity index (χ2v) is 7.17. The molecule has 0 aliphatic rings. The van der Waals surface area contributed by atoms with Crippen LogP contribution in [0.3, 0.4) is 0 Å². The van der Waals surface area contributed by atoms with Gasteiger partial charge in [-0.1, -0.05) is 35.9 Å². The van der Waals surface area contributed by atoms with Crippen molar-refractivity contribution in [3.05, 3.63) is 65.4 Å². The predicted octanol–water partition coefficient (Wildman–Crippen LogP) is 2.38. The van der Waals surface area contributed by atoms with Gasteiger partial charge < -0.3 is 10.2 Å². The number of aliphatic hydroxyl groups excluding tert-OH is 1. The number of fused-ring (bicyclic) bond motifs is 1. The Morgan fingerprint density at radius 1 is 1.08 bits per heavy atom. The molecule has 7 heteroatoms. The van der Waals surface area contributed by atoms with Gasteiger partial charge >= 0.3 is 5.97 Å². The highest BCUT2D eigenvalue weighted by Crippen LogP contribution is 2.30. The van der Waals surface area contributed by atoms with Crippen LogP contribution >= 0.6 is 0 Å². The topological polar surface area (TPSA) is 96.6 Å². The van der Waals surface area contributed by atoms with Crippen molar-refractivity contribution in [3.63, 3.8) is 0 Å². The third kappa shape index (κ3) is 2.38. The summed E-state index contributed by atoms with van der Waals surface area (Å²) in [5.41, 5.74) is 0.757. The molecule has 0 unspecified atom stereocenters. The molecule has 0 bridgehead atoms. The maximum atomic E-state index is 13.0. The number of carbonyl (C=O) groups is 1. The van der Waals surface area contributed by atoms with Crippen molar-refractivity contribution in [2.45, 2.75) is 18.4 Å². The molecule has 2 aromatic carbocycles. The summed E-state index contributed by atoms with van der Waals surface area (Å²) in [6.07, 6.45) is 0. The number of carboxylic acids is 1. The Morgan fingerprint density at radius 2 is 1.71 bits per heavy atom. The molecule has 124 valence electrons. The number of hydrogen-bond donors (Lipinski definition) is 2. The van der Waals surface area contributed by atoms with Crippen LogP contribution in [0.15, 0.2) is 53.4 Å². The maximum absolute atomic E-state index is 13.0. The van der Waals surface area contributed by atoms with E-state index < -0.39 is 22.6 Å². The van der Waals surface area contributed by atoms with Gasteiger partial charge in [-0.25, -0.2) is 17.2 Å². The van der Waals surface area contributed by atoms with Gasteiger partial charge in [0.05, 0.1) is 28.3 Å². The molecule has 3 rings (SSSR count). The summed E-state index contributed by atoms with van der Waals surface area (Å²) in [6.45, 7) is 1.13. The van der Waals surface area contributed by atoms with Crippen molar-refractivity contribution in [2.75, 3.05) is 0 Å². The Labute approximate surface area is 138 Å². The van der Waals surface area contributed by atoms with Crippen LogP contribution in [-0.4, -0.2) is 28.6 Å². The molecule has 0 amide bonds. The number of aromatic carboxylic acids is 1. The SMILES string of the molecule is Cc1ccc(S(=O)(=O)n2c(CO)c(C(=O)O)c3ccccc32)cc1. The summed E-state index contributed by atoms with van der Waals surface area (Å²) in [6, 6.07) is 12.5. The number of hydrogen-bond acceptors (Lipinski definition) is 4. The molecule has 0 aliphatic heterocycles. The highest BCUT2D eigenvalue weighted by Gasteiger charge is 2.29. The fraction of sp³-hybridized carbons (Fsp3) is 0.118. The lowest BCUT2D eigenvalue weighted by atomic mass is 10.1. The van der Waals surface area contributed by atoms with Crippen molar-refractivity contribution in [2.24, 2.45) is 0 Å². The van der Waals surface area contributed by atoms with E-state index in [-0.39, 0.29) is 27.1 Å². The number of para-hydroxylation sites is 1. The van der Waals surface area contributed by atoms with Gasteiger partial charge in [0.15, 0.2) is 0 Å². The first-order valence-corrected chi connectivity index (χ1v) is 8.60. The summed E-state index contributed by atoms with van der Waals surface area (Å²) in [7, 11) is -4.04. The van der Waals surface area contributed by atoms with Crippen molar-refractivity contribution in [1.29, 1.82) is 0 Å². The average molecular weight is 345 g/mol. The van der Waals surface area contributed by atoms with E-state index in [2.05, 4.69) is 0 Å². The minimum atomic E-state index is -4.04. The summed E-state index contributed by atoms with van der Waals surface area (Å²) in [5, 5.41) is 19.4. The van der Waals surface area contributed by atoms with Crippen LogP contribution < -0.4 is 0 Å². The van der Waals surface area contributed by atoms with E-state index >= 15 is 0 Å². The van der Waals surface area contributed by atoms with Gasteiger partial charge in [0.2, 0.25) is 0 Å². The van der Waals surface area contributed by atoms with Gasteiger partial charge in [-0.3, -0.25) is 0 Å². The smallest absolute Gasteiger partial charge is 0.338 e. The Kier molecular flexibility index (Phi) is 3.90. The first-order chi connectivity index (χ1) is 11.4. The molecule has 2 N–H and O–H groups in total. The van der Waals surface area contributed by atoms with Crippen LogP contribution in [0.1, 0.15) is 21.6 Å². The zero-order valence-electron chi connectivity index (χ0n) is 12.8. The first kappa shape index (κ1) is 16.2. The molecular formula is C17H15NO5S. The number of aliphatic hydroxyl groups is 1. The molecule has 0 atom stereocenters. The second kappa shape index (κ2) is 5.77. The third-order valence-electron chi connectivity index (χ3n) is 3.85. The molecule has 0 spiro atoms. The van der Waals surface area contributed by atoms with Gasteiger partial charge in [0.1, 0.15) is 0 Å². The lowest BCUT2D eigenvalue weighted by Crippen LogP contribution is -2.17. The molecule has 0 aliphatic carbocycles. The van der Waals surface area contributed by atoms with E-state index in [0.29, 0.717) is 0 Å². The van der Waals surface area contributed by atoms with Crippen LogP contribution in [0.4, 0.5) is 0 Å². The van der Waals surface area contributed by atoms with Crippen LogP contribution in [0.25, 0.3) is 10.9 Å². The van der Waals surface area contributed by atoms with Gasteiger partial charge in [-0.15, -0.1) is 0 Å². The van der Waals surface area contributed by atoms with Gasteiger partial charge in [-0.05, 0) is 25.1 Å². The minimum absolute atomic E-state index is 0.0282. The van der Waals surface area contributed by atoms with E-state index in [9.17, 15) is 23.4 Å². The van der Waals surface area contributed by atoms with Crippen molar-refractivity contribution in [1.82, 2.24) is 3.97 Å². The average Bonchev–Trinajstić information content (AvgIpc) is 2.90. The number of aromatic nitrogens is 1. The van der Waals surface area contributed by atoms with Crippen molar-refractivity contribution >= 4 is 26.9 Å². The van der Waals surface area contributed by atoms with Crippen LogP contribution in [0.5, 0.6) is 0 Å². The number of nitrogens with zero attached hydrogens (tertiary/aromatic N) is 1. The third-order valence-corrected chi connectivity index (χ3v) is 5.61. The summed E-state index contributed by atoms with van der Waals surface area (Å²) in [5.74, 6) is -1.28. The monoisotopic (exact) mass is 345 g/mol. The molecule has 0 saturated carbocycles. The largest absolute Gasteiger partial charge is 0.478 e. The quantitative estimate of drug-likeness (QED) is 0.757. The number of carboxylic acid groups (broad SMARTS) is 1. The zero-order chi connectivity index (χ0) is 17.5. The molecule has 6 nitrogen and oxygen atoms in total. The molecule has 3 aromatic rings. The van der Waals surface area contributed by atoms with Gasteiger partial charge in [0.25, 0.3) is 10.0 Å². The lowest BCUT2D eigenvalue weighted by Gasteiger charge is -2.11. The second-order valence-electron chi connectivity index (χ2n) is 5.38. The van der Waals surface area contributed by atoms with Crippen molar-refractivity contribution < 1.29 is 23.4 Å². The van der Waals surface area contributed by atoms with E-state index in [1.807, 2.05) is 6.92 Å². The Balaban J connectivity index is 2.41. The van der Waals surface area contributed by atoms with Crippen LogP contribution in [0.2, 0.25) is 0 Å². The Hall–Kier alpha value is -2.64. The fourth-order valence-electron chi connectivity index (χ4n) is 2.74. The van der Waals surface area contributed by atoms with Crippen LogP contribution in [0, 0.1) is 6.92 Å². The van der Waals surface area contributed by atoms with E-state index in [1.165, 1.54) is 24.3 Å². The molecule has 0 radical (unpaired) electrons. The molecule has 0 fully saturated rings. The molecular weight excluding hydrogens is 330 g/mol. The number of aryl methyl sites for hydroxylation is 1. The van der Waals surface area contributed by atoms with Gasteiger partial charge in [-0.2, -0.15) is 0 Å². The summed E-state index contributed by atoms with van der Waals surface area (Å²) in [4.78, 5) is 11.6. The van der Waals surface area contributed by atoms with E-state index in [1.54, 1.807) is 24.3 Å². The molecule has 1 aromatic heterocycles. The molecule has 24 heavy (non-hydrogen) atoms. The Bertz CT molecular complexity index is 1030. The lowest BCUT2D eigenvalue weighted by molar-refractivity contribution is 0.0695. The summed E-state index contributed by atoms with van der Waals surface area (Å²) >= 11 is 0. The van der Waals surface area contributed by atoms with Crippen molar-refractivity contribution in [3.8, 4) is 0 Å². The number of benzene rings is 2. The Morgan fingerprint density at radius 3 is 2.29 bits per heavy atom. The van der Waals surface area contributed by atoms with E-state index in [4.69, 9.17) is 0 Å². The normalized spacial score (nSPS) is 11.8. The minimum Gasteiger partial charge on any atom is -0.478 e. The summed E-state index contributed by atoms with van der Waals surface area (Å²) < 4.78 is 27.0. The molecule has 0 saturated heterocycles. The highest BCUT2D eigenvalue weighted by molar-refractivity contribution is 7.90. The fourth-order valence-corrected chi connectivity index (χ4v) is 4.28. The van der Waals surface area contributed by atoms with E-state index in [0.717, 1.165) is 9.54 Å². The standard InChI is InChI=1S/C17H15NO5S/c1-11-6-8-12(9-7-11)24(22,23)18-14-5-3-2-4-13(14)16(17(20)21)15(18)10-19/h2-9,19H,10H2,1H3,(H,20,21). The number of rotatable bonds is 4. The zero-order valence-corrected chi connectivity index (χ0v) is 13.6. The maximum Gasteiger partial charge on any atom is 0.338 e. The van der Waals surface area contributed by atoms with Crippen LogP contribution in [-0.2, 0) is 16.6 Å². The highest BCUT2D eigenvalue weighted by atomic mass is 32.2. The van der Waals surface area contributed by atoms with Gasteiger partial charge in [0, 0.05) is 5.39 Å². The predicted molar refractivity (Wildman–Crippen MR) is 88.6 cm³/mol. The molecule has 1 heterocycles. The first-order valence-electron chi connectivity index (χ1n) is 7.16.